The molecule has 1 heterocycles. The summed E-state index contributed by atoms with van der Waals surface area (Å²) in [6, 6.07) is 1.40. The Balaban J connectivity index is 2.41. The molecule has 0 spiro atoms. The summed E-state index contributed by atoms with van der Waals surface area (Å²) >= 11 is 0.938. The molecule has 0 aromatic carbocycles. The molecule has 1 aromatic heterocycles. The number of nitrogens with zero attached hydrogens (tertiary/aromatic N) is 1. The van der Waals surface area contributed by atoms with Crippen molar-refractivity contribution in [2.24, 2.45) is 0 Å². The molecule has 1 rings (SSSR count). The molecule has 1 unspecified atom stereocenters. The fourth-order valence-electron chi connectivity index (χ4n) is 0.685. The van der Waals surface area contributed by atoms with E-state index in [1.807, 2.05) is 0 Å². The smallest absolute Gasteiger partial charge is 0.383 e. The fraction of sp³-hybridized carbons (Fsp3) is 0.500. The second kappa shape index (κ2) is 4.01. The molecular weight excluding hydrogens is 219 g/mol. The summed E-state index contributed by atoms with van der Waals surface area (Å²) in [6.45, 7) is -0.606. The Morgan fingerprint density at radius 1 is 1.64 bits per heavy atom. The van der Waals surface area contributed by atoms with Crippen molar-refractivity contribution in [3.05, 3.63) is 6.07 Å². The number of aliphatic hydroxyl groups is 1. The monoisotopic (exact) mass is 227 g/mol. The molecular formula is C6H8F3N3OS. The van der Waals surface area contributed by atoms with Gasteiger partial charge in [0.15, 0.2) is 6.10 Å². The zero-order valence-electron chi connectivity index (χ0n) is 6.88. The molecule has 0 saturated carbocycles. The van der Waals surface area contributed by atoms with Crippen molar-refractivity contribution >= 4 is 22.4 Å². The summed E-state index contributed by atoms with van der Waals surface area (Å²) in [6.07, 6.45) is -6.99. The van der Waals surface area contributed by atoms with Gasteiger partial charge in [0.05, 0.1) is 6.54 Å². The van der Waals surface area contributed by atoms with Crippen LogP contribution in [0.15, 0.2) is 6.07 Å². The van der Waals surface area contributed by atoms with Gasteiger partial charge in [-0.05, 0) is 11.5 Å². The number of rotatable bonds is 3. The third kappa shape index (κ3) is 3.04. The number of nitrogen functional groups attached to an aromatic ring is 1. The Kier molecular flexibility index (Phi) is 3.17. The molecule has 0 aliphatic rings. The maximum atomic E-state index is 11.8. The van der Waals surface area contributed by atoms with E-state index < -0.39 is 18.8 Å². The van der Waals surface area contributed by atoms with Crippen molar-refractivity contribution in [2.45, 2.75) is 12.3 Å². The highest BCUT2D eigenvalue weighted by molar-refractivity contribution is 7.10. The van der Waals surface area contributed by atoms with Crippen molar-refractivity contribution in [3.8, 4) is 0 Å². The highest BCUT2D eigenvalue weighted by Gasteiger charge is 2.37. The van der Waals surface area contributed by atoms with Gasteiger partial charge >= 0.3 is 6.18 Å². The van der Waals surface area contributed by atoms with Crippen LogP contribution in [0.25, 0.3) is 0 Å². The maximum absolute atomic E-state index is 11.8. The topological polar surface area (TPSA) is 71.2 Å². The molecule has 1 aromatic rings. The number of aliphatic hydroxyl groups excluding tert-OH is 1. The fourth-order valence-corrected chi connectivity index (χ4v) is 1.26. The highest BCUT2D eigenvalue weighted by atomic mass is 32.1. The highest BCUT2D eigenvalue weighted by Crippen LogP contribution is 2.22. The Bertz CT molecular complexity index is 301. The van der Waals surface area contributed by atoms with Gasteiger partial charge in [-0.15, -0.1) is 0 Å². The van der Waals surface area contributed by atoms with Gasteiger partial charge in [-0.3, -0.25) is 0 Å². The Morgan fingerprint density at radius 2 is 2.29 bits per heavy atom. The van der Waals surface area contributed by atoms with Crippen LogP contribution in [0.1, 0.15) is 0 Å². The van der Waals surface area contributed by atoms with Crippen molar-refractivity contribution in [1.29, 1.82) is 0 Å². The summed E-state index contributed by atoms with van der Waals surface area (Å²) < 4.78 is 39.1. The van der Waals surface area contributed by atoms with Crippen LogP contribution in [0, 0.1) is 0 Å². The maximum Gasteiger partial charge on any atom is 0.416 e. The lowest BCUT2D eigenvalue weighted by Gasteiger charge is -2.14. The van der Waals surface area contributed by atoms with Crippen LogP contribution in [0.4, 0.5) is 24.0 Å². The first-order valence-electron chi connectivity index (χ1n) is 3.60. The van der Waals surface area contributed by atoms with Crippen molar-refractivity contribution < 1.29 is 18.3 Å². The quantitative estimate of drug-likeness (QED) is 0.722. The van der Waals surface area contributed by atoms with Crippen LogP contribution >= 0.6 is 11.5 Å². The number of aromatic nitrogens is 1. The zero-order chi connectivity index (χ0) is 10.8. The second-order valence-corrected chi connectivity index (χ2v) is 3.36. The zero-order valence-corrected chi connectivity index (χ0v) is 7.69. The largest absolute Gasteiger partial charge is 0.416 e. The van der Waals surface area contributed by atoms with Gasteiger partial charge in [-0.25, -0.2) is 0 Å². The molecule has 4 nitrogen and oxygen atoms in total. The standard InChI is InChI=1S/C6H8F3N3OS/c7-6(8,9)3(13)2-11-5-1-4(10)12-14-5/h1,3,11,13H,2H2,(H2,10,12). The minimum atomic E-state index is -4.61. The molecule has 8 heteroatoms. The van der Waals surface area contributed by atoms with Gasteiger partial charge in [0.25, 0.3) is 0 Å². The van der Waals surface area contributed by atoms with Crippen molar-refractivity contribution in [3.63, 3.8) is 0 Å². The van der Waals surface area contributed by atoms with Gasteiger partial charge in [0.1, 0.15) is 10.8 Å². The lowest BCUT2D eigenvalue weighted by molar-refractivity contribution is -0.198. The van der Waals surface area contributed by atoms with Crippen LogP contribution in [0.2, 0.25) is 0 Å². The van der Waals surface area contributed by atoms with E-state index in [0.29, 0.717) is 5.00 Å². The van der Waals surface area contributed by atoms with Crippen LogP contribution in [0.5, 0.6) is 0 Å². The van der Waals surface area contributed by atoms with Crippen LogP contribution in [-0.4, -0.2) is 28.3 Å². The first-order valence-corrected chi connectivity index (χ1v) is 4.38. The predicted molar refractivity (Wildman–Crippen MR) is 47.1 cm³/mol. The Hall–Kier alpha value is -1.02. The summed E-state index contributed by atoms with van der Waals surface area (Å²) in [5.74, 6) is 0.235. The van der Waals surface area contributed by atoms with Crippen LogP contribution in [0.3, 0.4) is 0 Å². The number of anilines is 2. The summed E-state index contributed by atoms with van der Waals surface area (Å²) in [4.78, 5) is 0. The molecule has 0 radical (unpaired) electrons. The van der Waals surface area contributed by atoms with Crippen molar-refractivity contribution in [1.82, 2.24) is 4.37 Å². The normalized spacial score (nSPS) is 14.0. The van der Waals surface area contributed by atoms with E-state index in [0.717, 1.165) is 11.5 Å². The molecule has 1 atom stereocenters. The molecule has 0 aliphatic carbocycles. The lowest BCUT2D eigenvalue weighted by Crippen LogP contribution is -2.34. The molecule has 0 aliphatic heterocycles. The number of hydrogen-bond acceptors (Lipinski definition) is 5. The number of nitrogens with one attached hydrogen (secondary N) is 1. The van der Waals surface area contributed by atoms with E-state index in [1.165, 1.54) is 6.07 Å². The van der Waals surface area contributed by atoms with Gasteiger partial charge in [0.2, 0.25) is 0 Å². The number of nitrogens with two attached hydrogens (primary N) is 1. The predicted octanol–water partition coefficient (Wildman–Crippen LogP) is 1.06. The summed E-state index contributed by atoms with van der Waals surface area (Å²) in [5.41, 5.74) is 5.25. The lowest BCUT2D eigenvalue weighted by atomic mass is 10.3. The van der Waals surface area contributed by atoms with Crippen molar-refractivity contribution in [2.75, 3.05) is 17.6 Å². The number of hydrogen-bond donors (Lipinski definition) is 3. The second-order valence-electron chi connectivity index (χ2n) is 2.55. The molecule has 0 saturated heterocycles. The number of halogens is 3. The molecule has 0 fully saturated rings. The minimum absolute atomic E-state index is 0.235. The summed E-state index contributed by atoms with van der Waals surface area (Å²) in [7, 11) is 0. The van der Waals surface area contributed by atoms with E-state index in [-0.39, 0.29) is 5.82 Å². The van der Waals surface area contributed by atoms with Gasteiger partial charge < -0.3 is 16.2 Å². The Morgan fingerprint density at radius 3 is 2.71 bits per heavy atom. The van der Waals surface area contributed by atoms with Gasteiger partial charge in [-0.1, -0.05) is 0 Å². The average molecular weight is 227 g/mol. The van der Waals surface area contributed by atoms with E-state index >= 15 is 0 Å². The first kappa shape index (κ1) is 11.1. The minimum Gasteiger partial charge on any atom is -0.383 e. The third-order valence-electron chi connectivity index (χ3n) is 1.38. The Labute approximate surface area is 81.7 Å². The van der Waals surface area contributed by atoms with Gasteiger partial charge in [0, 0.05) is 6.07 Å². The van der Waals surface area contributed by atoms with E-state index in [4.69, 9.17) is 10.8 Å². The molecule has 80 valence electrons. The van der Waals surface area contributed by atoms with E-state index in [2.05, 4.69) is 9.69 Å². The summed E-state index contributed by atoms with van der Waals surface area (Å²) in [5, 5.41) is 11.4. The van der Waals surface area contributed by atoms with Crippen LogP contribution < -0.4 is 11.1 Å². The average Bonchev–Trinajstić information content (AvgIpc) is 2.45. The molecule has 0 bridgehead atoms. The molecule has 0 amide bonds. The van der Waals surface area contributed by atoms with E-state index in [1.54, 1.807) is 0 Å². The SMILES string of the molecule is Nc1cc(NCC(O)C(F)(F)F)sn1. The first-order chi connectivity index (χ1) is 6.39. The van der Waals surface area contributed by atoms with Gasteiger partial charge in [-0.2, -0.15) is 17.5 Å². The molecule has 14 heavy (non-hydrogen) atoms. The van der Waals surface area contributed by atoms with Crippen LogP contribution in [-0.2, 0) is 0 Å². The van der Waals surface area contributed by atoms with E-state index in [9.17, 15) is 13.2 Å². The third-order valence-corrected chi connectivity index (χ3v) is 2.14. The number of alkyl halides is 3. The molecule has 4 N–H and O–H groups in total.